The molecule has 124 valence electrons. The summed E-state index contributed by atoms with van der Waals surface area (Å²) >= 11 is 1.19. The van der Waals surface area contributed by atoms with Crippen LogP contribution in [0.5, 0.6) is 0 Å². The second-order valence-electron chi connectivity index (χ2n) is 5.38. The molecule has 0 radical (unpaired) electrons. The van der Waals surface area contributed by atoms with E-state index in [0.717, 1.165) is 0 Å². The molecule has 0 aliphatic rings. The van der Waals surface area contributed by atoms with E-state index in [2.05, 4.69) is 0 Å². The first-order valence-corrected chi connectivity index (χ1v) is 7.85. The SMILES string of the molecule is COCc1c(C(=O)N(C)CC(C)C(=O)O)sc2cccc(F)c12. The normalized spacial score (nSPS) is 12.3. The van der Waals surface area contributed by atoms with Crippen molar-refractivity contribution in [3.63, 3.8) is 0 Å². The number of fused-ring (bicyclic) bond motifs is 1. The maximum absolute atomic E-state index is 14.1. The Morgan fingerprint density at radius 2 is 2.13 bits per heavy atom. The lowest BCUT2D eigenvalue weighted by Gasteiger charge is -2.19. The van der Waals surface area contributed by atoms with Crippen LogP contribution in [0.2, 0.25) is 0 Å². The number of hydrogen-bond acceptors (Lipinski definition) is 4. The van der Waals surface area contributed by atoms with Crippen molar-refractivity contribution in [3.05, 3.63) is 34.5 Å². The van der Waals surface area contributed by atoms with Gasteiger partial charge in [-0.2, -0.15) is 0 Å². The van der Waals surface area contributed by atoms with Gasteiger partial charge in [-0.3, -0.25) is 9.59 Å². The molecule has 0 saturated carbocycles. The summed E-state index contributed by atoms with van der Waals surface area (Å²) in [6, 6.07) is 4.69. The molecule has 1 unspecified atom stereocenters. The van der Waals surface area contributed by atoms with Crippen molar-refractivity contribution in [2.75, 3.05) is 20.7 Å². The van der Waals surface area contributed by atoms with E-state index in [9.17, 15) is 14.0 Å². The Morgan fingerprint density at radius 3 is 2.74 bits per heavy atom. The van der Waals surface area contributed by atoms with Crippen molar-refractivity contribution in [1.82, 2.24) is 4.90 Å². The number of rotatable bonds is 6. The molecule has 7 heteroatoms. The van der Waals surface area contributed by atoms with Gasteiger partial charge in [-0.15, -0.1) is 11.3 Å². The Bertz CT molecular complexity index is 743. The molecule has 0 fully saturated rings. The number of carboxylic acids is 1. The summed E-state index contributed by atoms with van der Waals surface area (Å²) < 4.78 is 19.9. The molecule has 0 saturated heterocycles. The molecule has 0 bridgehead atoms. The first-order valence-electron chi connectivity index (χ1n) is 7.03. The lowest BCUT2D eigenvalue weighted by atomic mass is 10.1. The predicted octanol–water partition coefficient (Wildman–Crippen LogP) is 2.98. The van der Waals surface area contributed by atoms with E-state index in [1.807, 2.05) is 0 Å². The van der Waals surface area contributed by atoms with Gasteiger partial charge in [0, 0.05) is 36.4 Å². The number of benzene rings is 1. The van der Waals surface area contributed by atoms with Crippen molar-refractivity contribution in [1.29, 1.82) is 0 Å². The number of methoxy groups -OCH3 is 1. The van der Waals surface area contributed by atoms with Crippen molar-refractivity contribution >= 4 is 33.3 Å². The average Bonchev–Trinajstić information content (AvgIpc) is 2.86. The quantitative estimate of drug-likeness (QED) is 0.879. The molecule has 1 N–H and O–H groups in total. The van der Waals surface area contributed by atoms with Crippen LogP contribution in [0, 0.1) is 11.7 Å². The average molecular weight is 339 g/mol. The van der Waals surface area contributed by atoms with Gasteiger partial charge in [0.1, 0.15) is 5.82 Å². The number of carbonyl (C=O) groups excluding carboxylic acids is 1. The molecule has 1 aromatic heterocycles. The van der Waals surface area contributed by atoms with Crippen LogP contribution in [0.15, 0.2) is 18.2 Å². The fraction of sp³-hybridized carbons (Fsp3) is 0.375. The molecular weight excluding hydrogens is 321 g/mol. The molecule has 1 atom stereocenters. The molecule has 0 aliphatic heterocycles. The molecule has 0 spiro atoms. The van der Waals surface area contributed by atoms with Crippen LogP contribution in [0.4, 0.5) is 4.39 Å². The minimum absolute atomic E-state index is 0.0807. The highest BCUT2D eigenvalue weighted by Crippen LogP contribution is 2.34. The van der Waals surface area contributed by atoms with Gasteiger partial charge in [-0.05, 0) is 12.1 Å². The topological polar surface area (TPSA) is 66.8 Å². The Labute approximate surface area is 137 Å². The Kier molecular flexibility index (Phi) is 5.33. The molecule has 1 aromatic carbocycles. The summed E-state index contributed by atoms with van der Waals surface area (Å²) in [7, 11) is 3.02. The van der Waals surface area contributed by atoms with Crippen LogP contribution in [-0.2, 0) is 16.1 Å². The van der Waals surface area contributed by atoms with Gasteiger partial charge in [-0.1, -0.05) is 13.0 Å². The highest BCUT2D eigenvalue weighted by molar-refractivity contribution is 7.21. The van der Waals surface area contributed by atoms with E-state index in [-0.39, 0.29) is 19.1 Å². The van der Waals surface area contributed by atoms with E-state index < -0.39 is 17.7 Å². The molecule has 2 aromatic rings. The number of halogens is 1. The van der Waals surface area contributed by atoms with Crippen LogP contribution in [0.3, 0.4) is 0 Å². The number of amides is 1. The van der Waals surface area contributed by atoms with Crippen molar-refractivity contribution in [2.24, 2.45) is 5.92 Å². The Balaban J connectivity index is 2.42. The van der Waals surface area contributed by atoms with E-state index in [1.54, 1.807) is 19.2 Å². The summed E-state index contributed by atoms with van der Waals surface area (Å²) in [5, 5.41) is 9.36. The molecule has 2 rings (SSSR count). The van der Waals surface area contributed by atoms with Gasteiger partial charge in [-0.25, -0.2) is 4.39 Å². The van der Waals surface area contributed by atoms with Gasteiger partial charge < -0.3 is 14.7 Å². The molecule has 5 nitrogen and oxygen atoms in total. The Hall–Kier alpha value is -1.99. The van der Waals surface area contributed by atoms with Gasteiger partial charge >= 0.3 is 5.97 Å². The lowest BCUT2D eigenvalue weighted by Crippen LogP contribution is -2.33. The second-order valence-corrected chi connectivity index (χ2v) is 6.43. The van der Waals surface area contributed by atoms with Gasteiger partial charge in [0.05, 0.1) is 17.4 Å². The van der Waals surface area contributed by atoms with Crippen molar-refractivity contribution in [3.8, 4) is 0 Å². The number of thiophene rings is 1. The molecule has 0 aliphatic carbocycles. The van der Waals surface area contributed by atoms with E-state index in [0.29, 0.717) is 20.5 Å². The zero-order valence-corrected chi connectivity index (χ0v) is 13.9. The van der Waals surface area contributed by atoms with E-state index in [4.69, 9.17) is 9.84 Å². The Morgan fingerprint density at radius 1 is 1.43 bits per heavy atom. The highest BCUT2D eigenvalue weighted by Gasteiger charge is 2.25. The van der Waals surface area contributed by atoms with E-state index >= 15 is 0 Å². The van der Waals surface area contributed by atoms with Crippen LogP contribution >= 0.6 is 11.3 Å². The smallest absolute Gasteiger partial charge is 0.308 e. The first-order chi connectivity index (χ1) is 10.9. The number of aliphatic carboxylic acids is 1. The number of hydrogen-bond donors (Lipinski definition) is 1. The lowest BCUT2D eigenvalue weighted by molar-refractivity contribution is -0.141. The summed E-state index contributed by atoms with van der Waals surface area (Å²) in [5.41, 5.74) is 0.505. The van der Waals surface area contributed by atoms with Crippen LogP contribution in [0.25, 0.3) is 10.1 Å². The molecule has 23 heavy (non-hydrogen) atoms. The fourth-order valence-electron chi connectivity index (χ4n) is 2.37. The van der Waals surface area contributed by atoms with Crippen molar-refractivity contribution < 1.29 is 23.8 Å². The highest BCUT2D eigenvalue weighted by atomic mass is 32.1. The van der Waals surface area contributed by atoms with E-state index in [1.165, 1.54) is 36.3 Å². The maximum atomic E-state index is 14.1. The standard InChI is InChI=1S/C16H18FNO4S/c1-9(16(20)21)7-18(2)15(19)14-10(8-22-3)13-11(17)5-4-6-12(13)23-14/h4-6,9H,7-8H2,1-3H3,(H,20,21). The zero-order chi connectivity index (χ0) is 17.1. The number of nitrogens with zero attached hydrogens (tertiary/aromatic N) is 1. The van der Waals surface area contributed by atoms with Crippen LogP contribution < -0.4 is 0 Å². The van der Waals surface area contributed by atoms with Crippen molar-refractivity contribution in [2.45, 2.75) is 13.5 Å². The molecule has 1 heterocycles. The third-order valence-corrected chi connectivity index (χ3v) is 4.75. The van der Waals surface area contributed by atoms with Gasteiger partial charge in [0.25, 0.3) is 5.91 Å². The third-order valence-electron chi connectivity index (χ3n) is 3.56. The molecular formula is C16H18FNO4S. The number of carbonyl (C=O) groups is 2. The maximum Gasteiger partial charge on any atom is 0.308 e. The number of ether oxygens (including phenoxy) is 1. The molecule has 1 amide bonds. The largest absolute Gasteiger partial charge is 0.481 e. The first kappa shape index (κ1) is 17.4. The monoisotopic (exact) mass is 339 g/mol. The summed E-state index contributed by atoms with van der Waals surface area (Å²) in [6.45, 7) is 1.73. The summed E-state index contributed by atoms with van der Waals surface area (Å²) in [5.74, 6) is -2.37. The predicted molar refractivity (Wildman–Crippen MR) is 86.3 cm³/mol. The third kappa shape index (κ3) is 3.51. The summed E-state index contributed by atoms with van der Waals surface area (Å²) in [6.07, 6.45) is 0. The van der Waals surface area contributed by atoms with Gasteiger partial charge in [0.2, 0.25) is 0 Å². The second kappa shape index (κ2) is 7.06. The van der Waals surface area contributed by atoms with Crippen LogP contribution in [0.1, 0.15) is 22.2 Å². The minimum Gasteiger partial charge on any atom is -0.481 e. The van der Waals surface area contributed by atoms with Gasteiger partial charge in [0.15, 0.2) is 0 Å². The zero-order valence-electron chi connectivity index (χ0n) is 13.1. The summed E-state index contributed by atoms with van der Waals surface area (Å²) in [4.78, 5) is 25.3. The fourth-order valence-corrected chi connectivity index (χ4v) is 3.58. The number of carboxylic acid groups (broad SMARTS) is 1. The van der Waals surface area contributed by atoms with Crippen LogP contribution in [-0.4, -0.2) is 42.6 Å². The minimum atomic E-state index is -0.968.